The monoisotopic (exact) mass is 1920 g/mol. The van der Waals surface area contributed by atoms with Gasteiger partial charge < -0.3 is 47.4 Å². The molecule has 0 saturated carbocycles. The van der Waals surface area contributed by atoms with Gasteiger partial charge in [-0.1, -0.05) is 360 Å². The van der Waals surface area contributed by atoms with Crippen LogP contribution in [0.1, 0.15) is 107 Å². The van der Waals surface area contributed by atoms with Gasteiger partial charge in [0, 0.05) is 103 Å². The van der Waals surface area contributed by atoms with E-state index in [0.717, 1.165) is 176 Å². The fourth-order valence-electron chi connectivity index (χ4n) is 14.4. The minimum Gasteiger partial charge on any atom is -0.467 e. The van der Waals surface area contributed by atoms with E-state index in [1.807, 2.05) is 172 Å². The van der Waals surface area contributed by atoms with Crippen LogP contribution in [0.25, 0.3) is 0 Å². The third kappa shape index (κ3) is 32.5. The van der Waals surface area contributed by atoms with Crippen LogP contribution in [0.4, 0.5) is 4.39 Å². The van der Waals surface area contributed by atoms with Gasteiger partial charge in [-0.2, -0.15) is 0 Å². The summed E-state index contributed by atoms with van der Waals surface area (Å²) >= 11 is 0. The van der Waals surface area contributed by atoms with E-state index in [9.17, 15) is 28.4 Å². The van der Waals surface area contributed by atoms with Gasteiger partial charge in [0.1, 0.15) is 34.6 Å². The lowest BCUT2D eigenvalue weighted by molar-refractivity contribution is 0.0511. The predicted molar refractivity (Wildman–Crippen MR) is 564 cm³/mol. The van der Waals surface area contributed by atoms with E-state index in [-0.39, 0.29) is 42.5 Å². The third-order valence-corrected chi connectivity index (χ3v) is 32.2. The molecule has 0 heterocycles. The number of carbonyl (C=O) groups is 5. The summed E-state index contributed by atoms with van der Waals surface area (Å²) in [6, 6.07) is 102. The minimum atomic E-state index is -1.54. The van der Waals surface area contributed by atoms with Gasteiger partial charge in [0.25, 0.3) is 0 Å². The van der Waals surface area contributed by atoms with Crippen LogP contribution in [0.2, 0.25) is 39.3 Å². The molecule has 0 N–H and O–H groups in total. The van der Waals surface area contributed by atoms with Crippen LogP contribution < -0.4 is 87.1 Å². The first-order valence-corrected chi connectivity index (χ1v) is 55.7. The van der Waals surface area contributed by atoms with E-state index in [1.54, 1.807) is 41.6 Å². The molecular formula is C111H118FO15P5Si2. The molecule has 0 saturated heterocycles. The van der Waals surface area contributed by atoms with Gasteiger partial charge in [0.2, 0.25) is 0 Å². The van der Waals surface area contributed by atoms with Gasteiger partial charge >= 0.3 is 0 Å². The summed E-state index contributed by atoms with van der Waals surface area (Å²) in [5.74, 6) is 3.72. The van der Waals surface area contributed by atoms with Crippen molar-refractivity contribution in [3.05, 3.63) is 399 Å². The fraction of sp³-hybridized carbons (Fsp3) is 0.198. The summed E-state index contributed by atoms with van der Waals surface area (Å²) in [7, 11) is 6.65. The van der Waals surface area contributed by atoms with Crippen LogP contribution in [-0.2, 0) is 49.4 Å². The molecule has 0 aliphatic rings. The average Bonchev–Trinajstić information content (AvgIpc) is 0.810. The maximum atomic E-state index is 13.7. The van der Waals surface area contributed by atoms with E-state index < -0.39 is 22.0 Å². The lowest BCUT2D eigenvalue weighted by Crippen LogP contribution is -2.40. The van der Waals surface area contributed by atoms with Gasteiger partial charge in [-0.05, 0) is 151 Å². The number of para-hydroxylation sites is 2. The first-order valence-electron chi connectivity index (χ1n) is 43.7. The summed E-state index contributed by atoms with van der Waals surface area (Å²) in [4.78, 5) is 57.1. The van der Waals surface area contributed by atoms with Crippen LogP contribution in [0.5, 0.6) is 28.7 Å². The molecule has 14 rings (SSSR count). The number of benzene rings is 14. The highest BCUT2D eigenvalue weighted by molar-refractivity contribution is 7.57. The Balaban J connectivity index is 0.000000175. The average molecular weight is 1920 g/mol. The smallest absolute Gasteiger partial charge is 0.188 e. The van der Waals surface area contributed by atoms with Crippen molar-refractivity contribution >= 4 is 154 Å². The summed E-state index contributed by atoms with van der Waals surface area (Å²) in [6.07, 6.45) is 7.51. The molecule has 692 valence electrons. The quantitative estimate of drug-likeness (QED) is 0.0153. The number of ether oxygens (including phenoxy) is 10. The molecule has 0 aliphatic carbocycles. The van der Waals surface area contributed by atoms with Gasteiger partial charge in [-0.3, -0.25) is 24.0 Å². The Kier molecular flexibility index (Phi) is 43.0. The third-order valence-electron chi connectivity index (χ3n) is 21.1. The number of aldehydes is 5. The minimum absolute atomic E-state index is 0.112. The number of hydrogen-bond donors (Lipinski definition) is 0. The van der Waals surface area contributed by atoms with E-state index in [0.29, 0.717) is 52.6 Å². The highest BCUT2D eigenvalue weighted by Crippen LogP contribution is 2.33. The van der Waals surface area contributed by atoms with E-state index in [2.05, 4.69) is 173 Å². The largest absolute Gasteiger partial charge is 0.467 e. The summed E-state index contributed by atoms with van der Waals surface area (Å²) in [6.45, 7) is 18.9. The highest BCUT2D eigenvalue weighted by Gasteiger charge is 2.26. The van der Waals surface area contributed by atoms with Crippen molar-refractivity contribution < 1.29 is 75.7 Å². The molecule has 0 radical (unpaired) electrons. The maximum absolute atomic E-state index is 13.7. The van der Waals surface area contributed by atoms with E-state index in [4.69, 9.17) is 47.4 Å². The molecular weight excluding hydrogens is 1800 g/mol. The molecule has 5 unspecified atom stereocenters. The SMILES string of the molecule is COCOc1c(Cc2ccccc2)cc(Cc2ccccc2)cc1Pc1ccc(F)cc1C=O.COCOc1c(Cc2ccccc2)cccc1Pc1c(C)cccc1C=O.COCOc1c(Pc2ccccc2C=O)cccc1[Si](C)(C)C.COCOc1ccc(Cc2ccccc2)cc1Pc1ccc(C)cc1C=O.COCOc1ccc([Si](C)(C)C)cc1Pc1ccccc1C=O. The van der Waals surface area contributed by atoms with Gasteiger partial charge in [0.15, 0.2) is 65.4 Å². The van der Waals surface area contributed by atoms with Crippen LogP contribution in [0.15, 0.2) is 309 Å². The zero-order chi connectivity index (χ0) is 95.6. The number of rotatable bonds is 40. The Bertz CT molecular complexity index is 6070. The van der Waals surface area contributed by atoms with Crippen molar-refractivity contribution in [1.82, 2.24) is 0 Å². The van der Waals surface area contributed by atoms with Gasteiger partial charge in [-0.25, -0.2) is 4.39 Å². The van der Waals surface area contributed by atoms with Crippen molar-refractivity contribution in [2.24, 2.45) is 0 Å². The molecule has 0 aliphatic heterocycles. The van der Waals surface area contributed by atoms with E-state index >= 15 is 0 Å². The van der Waals surface area contributed by atoms with E-state index in [1.165, 1.54) is 50.3 Å². The Hall–Kier alpha value is -11.3. The molecule has 0 spiro atoms. The summed E-state index contributed by atoms with van der Waals surface area (Å²) in [5, 5.41) is 13.0. The van der Waals surface area contributed by atoms with Crippen molar-refractivity contribution in [3.8, 4) is 28.7 Å². The molecule has 0 fully saturated rings. The van der Waals surface area contributed by atoms with Gasteiger partial charge in [0.05, 0.1) is 16.1 Å². The lowest BCUT2D eigenvalue weighted by Gasteiger charge is -2.23. The Morgan fingerprint density at radius 1 is 0.276 bits per heavy atom. The molecule has 14 aromatic rings. The maximum Gasteiger partial charge on any atom is 0.188 e. The Labute approximate surface area is 799 Å². The van der Waals surface area contributed by atoms with Crippen molar-refractivity contribution in [2.75, 3.05) is 69.5 Å². The van der Waals surface area contributed by atoms with Crippen LogP contribution >= 0.6 is 42.9 Å². The number of carbonyl (C=O) groups excluding carboxylic acids is 5. The van der Waals surface area contributed by atoms with Crippen LogP contribution in [0.3, 0.4) is 0 Å². The second-order valence-corrected chi connectivity index (χ2v) is 50.0. The zero-order valence-corrected chi connectivity index (χ0v) is 85.2. The fourth-order valence-corrected chi connectivity index (χ4v) is 23.8. The normalized spacial score (nSPS) is 11.3. The second kappa shape index (κ2) is 54.9. The van der Waals surface area contributed by atoms with Crippen LogP contribution in [-0.4, -0.2) is 117 Å². The first kappa shape index (κ1) is 105. The summed E-state index contributed by atoms with van der Waals surface area (Å²) < 4.78 is 68.7. The predicted octanol–water partition coefficient (Wildman–Crippen LogP) is 18.8. The highest BCUT2D eigenvalue weighted by atomic mass is 31.1. The number of methoxy groups -OCH3 is 5. The molecule has 0 aromatic heterocycles. The standard InChI is InChI=1S/C29H26FO3P.2C23H23O3P.2C18H23O3PSi/c1-32-20-33-29-24(15-22-10-6-3-7-11-22)16-23(14-21-8-4-2-5-9-21)17-28(29)34-27-13-12-26(30)18-25(27)19-31;1-17-8-6-12-20(15-24)23(17)27-21-13-7-11-19(22(21)26-16-25-2)14-18-9-4-3-5-10-18;1-17-8-11-22(20(12-17)15-24)27-23-14-19(9-10-21(23)26-16-25-2)13-18-6-4-3-5-7-18;1-20-13-21-18-16(10-7-11-17(18)23(2,3)4)22-15-9-6-5-8-14(15)12-19;1-20-13-21-16-10-9-15(23(2,3)4)11-18(16)22-17-8-6-5-7-14(17)12-19/h2-13,16-19,34H,14-15,20H2,1H3;3-13,15,27H,14,16H2,1-2H3;3-12,14-15,27H,13,16H2,1-2H3;2*5-12,22H,13H2,1-4H3. The van der Waals surface area contributed by atoms with Crippen molar-refractivity contribution in [1.29, 1.82) is 0 Å². The second-order valence-electron chi connectivity index (χ2n) is 33.3. The summed E-state index contributed by atoms with van der Waals surface area (Å²) in [5.41, 5.74) is 14.9. The topological polar surface area (TPSA) is 178 Å². The van der Waals surface area contributed by atoms with Crippen molar-refractivity contribution in [2.45, 2.75) is 78.8 Å². The molecule has 0 amide bonds. The Morgan fingerprint density at radius 3 is 1.18 bits per heavy atom. The number of aryl methyl sites for hydroxylation is 2. The molecule has 14 aromatic carbocycles. The molecule has 134 heavy (non-hydrogen) atoms. The van der Waals surface area contributed by atoms with Gasteiger partial charge in [-0.15, -0.1) is 0 Å². The number of hydrogen-bond acceptors (Lipinski definition) is 15. The molecule has 5 atom stereocenters. The first-order chi connectivity index (χ1) is 65.0. The van der Waals surface area contributed by atoms with Crippen LogP contribution in [0, 0.1) is 19.7 Å². The van der Waals surface area contributed by atoms with Crippen molar-refractivity contribution in [3.63, 3.8) is 0 Å². The number of halogens is 1. The molecule has 0 bridgehead atoms. The molecule has 15 nitrogen and oxygen atoms in total. The molecule has 23 heteroatoms. The zero-order valence-electron chi connectivity index (χ0n) is 78.2. The lowest BCUT2D eigenvalue weighted by atomic mass is 9.98. The Morgan fingerprint density at radius 2 is 0.664 bits per heavy atom.